The van der Waals surface area contributed by atoms with E-state index in [1.165, 1.54) is 17.4 Å². The molecule has 4 aromatic rings. The summed E-state index contributed by atoms with van der Waals surface area (Å²) in [6.45, 7) is 1.84. The van der Waals surface area contributed by atoms with E-state index in [-0.39, 0.29) is 5.91 Å². The molecule has 2 aromatic heterocycles. The molecule has 0 aliphatic rings. The van der Waals surface area contributed by atoms with Gasteiger partial charge in [-0.1, -0.05) is 46.7 Å². The first-order valence-corrected chi connectivity index (χ1v) is 9.14. The van der Waals surface area contributed by atoms with Gasteiger partial charge in [0.15, 0.2) is 5.82 Å². The number of fused-ring (bicyclic) bond motifs is 1. The molecule has 0 radical (unpaired) electrons. The van der Waals surface area contributed by atoms with Crippen molar-refractivity contribution in [3.8, 4) is 10.6 Å². The van der Waals surface area contributed by atoms with E-state index in [9.17, 15) is 4.79 Å². The Morgan fingerprint density at radius 3 is 2.81 bits per heavy atom. The third-order valence-corrected chi connectivity index (χ3v) is 5.20. The lowest BCUT2D eigenvalue weighted by Crippen LogP contribution is -2.12. The summed E-state index contributed by atoms with van der Waals surface area (Å²) in [5, 5.41) is 17.0. The van der Waals surface area contributed by atoms with Crippen molar-refractivity contribution < 1.29 is 4.79 Å². The molecule has 4 rings (SSSR count). The molecule has 130 valence electrons. The summed E-state index contributed by atoms with van der Waals surface area (Å²) >= 11 is 13.5. The minimum Gasteiger partial charge on any atom is -0.322 e. The van der Waals surface area contributed by atoms with Crippen molar-refractivity contribution in [3.63, 3.8) is 0 Å². The first-order valence-electron chi connectivity index (χ1n) is 7.57. The van der Waals surface area contributed by atoms with E-state index in [1.54, 1.807) is 22.7 Å². The maximum atomic E-state index is 12.5. The SMILES string of the molecule is Cc1nnc2sc(-c3cccc(NC(=O)c4cc(Cl)ccc4Cl)c3)nn12. The highest BCUT2D eigenvalue weighted by Crippen LogP contribution is 2.28. The van der Waals surface area contributed by atoms with E-state index in [4.69, 9.17) is 23.2 Å². The van der Waals surface area contributed by atoms with Crippen LogP contribution in [0.5, 0.6) is 0 Å². The molecule has 0 spiro atoms. The van der Waals surface area contributed by atoms with Gasteiger partial charge in [0.1, 0.15) is 5.01 Å². The van der Waals surface area contributed by atoms with Crippen LogP contribution >= 0.6 is 34.5 Å². The fourth-order valence-electron chi connectivity index (χ4n) is 2.43. The number of hydrogen-bond acceptors (Lipinski definition) is 5. The van der Waals surface area contributed by atoms with Crippen molar-refractivity contribution in [2.45, 2.75) is 6.92 Å². The number of anilines is 1. The van der Waals surface area contributed by atoms with Crippen molar-refractivity contribution in [1.82, 2.24) is 19.8 Å². The standard InChI is InChI=1S/C17H11Cl2N5OS/c1-9-21-22-17-24(9)23-16(26-17)10-3-2-4-12(7-10)20-15(25)13-8-11(18)5-6-14(13)19/h2-8H,1H3,(H,20,25). The van der Waals surface area contributed by atoms with Crippen LogP contribution in [0.3, 0.4) is 0 Å². The molecular formula is C17H11Cl2N5OS. The maximum absolute atomic E-state index is 12.5. The van der Waals surface area contributed by atoms with Crippen molar-refractivity contribution in [2.75, 3.05) is 5.32 Å². The second kappa shape index (κ2) is 6.68. The minimum absolute atomic E-state index is 0.319. The number of aromatic nitrogens is 4. The van der Waals surface area contributed by atoms with E-state index in [1.807, 2.05) is 25.1 Å². The number of carbonyl (C=O) groups is 1. The zero-order chi connectivity index (χ0) is 18.3. The van der Waals surface area contributed by atoms with Gasteiger partial charge in [-0.3, -0.25) is 4.79 Å². The van der Waals surface area contributed by atoms with E-state index >= 15 is 0 Å². The molecule has 1 amide bonds. The second-order valence-electron chi connectivity index (χ2n) is 5.51. The molecule has 0 aliphatic carbocycles. The summed E-state index contributed by atoms with van der Waals surface area (Å²) in [6.07, 6.45) is 0. The molecule has 2 heterocycles. The Balaban J connectivity index is 1.63. The fraction of sp³-hybridized carbons (Fsp3) is 0.0588. The molecule has 0 saturated heterocycles. The number of aryl methyl sites for hydroxylation is 1. The Morgan fingerprint density at radius 1 is 1.15 bits per heavy atom. The number of carbonyl (C=O) groups excluding carboxylic acids is 1. The van der Waals surface area contributed by atoms with Crippen LogP contribution in [-0.2, 0) is 0 Å². The zero-order valence-corrected chi connectivity index (χ0v) is 15.7. The summed E-state index contributed by atoms with van der Waals surface area (Å²) in [6, 6.07) is 12.2. The fourth-order valence-corrected chi connectivity index (χ4v) is 3.69. The number of nitrogens with zero attached hydrogens (tertiary/aromatic N) is 4. The molecule has 6 nitrogen and oxygen atoms in total. The molecule has 0 saturated carbocycles. The lowest BCUT2D eigenvalue weighted by molar-refractivity contribution is 0.102. The Hall–Kier alpha value is -2.48. The van der Waals surface area contributed by atoms with E-state index in [2.05, 4.69) is 20.6 Å². The summed E-state index contributed by atoms with van der Waals surface area (Å²) in [5.41, 5.74) is 1.82. The van der Waals surface area contributed by atoms with Crippen LogP contribution in [0, 0.1) is 6.92 Å². The van der Waals surface area contributed by atoms with Gasteiger partial charge >= 0.3 is 0 Å². The van der Waals surface area contributed by atoms with Crippen LogP contribution in [0.25, 0.3) is 15.5 Å². The van der Waals surface area contributed by atoms with Gasteiger partial charge in [0.2, 0.25) is 4.96 Å². The number of amides is 1. The van der Waals surface area contributed by atoms with Crippen LogP contribution in [0.15, 0.2) is 42.5 Å². The van der Waals surface area contributed by atoms with Gasteiger partial charge in [-0.2, -0.15) is 9.61 Å². The summed E-state index contributed by atoms with van der Waals surface area (Å²) in [7, 11) is 0. The number of halogens is 2. The molecule has 26 heavy (non-hydrogen) atoms. The highest BCUT2D eigenvalue weighted by Gasteiger charge is 2.14. The highest BCUT2D eigenvalue weighted by molar-refractivity contribution is 7.19. The third-order valence-electron chi connectivity index (χ3n) is 3.69. The monoisotopic (exact) mass is 403 g/mol. The molecule has 0 atom stereocenters. The zero-order valence-electron chi connectivity index (χ0n) is 13.4. The smallest absolute Gasteiger partial charge is 0.257 e. The predicted molar refractivity (Wildman–Crippen MR) is 103 cm³/mol. The van der Waals surface area contributed by atoms with Crippen molar-refractivity contribution in [2.24, 2.45) is 0 Å². The first kappa shape index (κ1) is 17.0. The average molecular weight is 404 g/mol. The molecule has 0 fully saturated rings. The molecular weight excluding hydrogens is 393 g/mol. The van der Waals surface area contributed by atoms with E-state index in [0.717, 1.165) is 21.4 Å². The van der Waals surface area contributed by atoms with Gasteiger partial charge in [0.05, 0.1) is 10.6 Å². The lowest BCUT2D eigenvalue weighted by atomic mass is 10.2. The highest BCUT2D eigenvalue weighted by atomic mass is 35.5. The summed E-state index contributed by atoms with van der Waals surface area (Å²) in [5.74, 6) is 0.395. The maximum Gasteiger partial charge on any atom is 0.257 e. The Morgan fingerprint density at radius 2 is 2.00 bits per heavy atom. The largest absolute Gasteiger partial charge is 0.322 e. The molecule has 0 unspecified atom stereocenters. The molecule has 0 aliphatic heterocycles. The number of nitrogens with one attached hydrogen (secondary N) is 1. The van der Waals surface area contributed by atoms with Gasteiger partial charge in [-0.05, 0) is 37.3 Å². The minimum atomic E-state index is -0.330. The lowest BCUT2D eigenvalue weighted by Gasteiger charge is -2.08. The van der Waals surface area contributed by atoms with Gasteiger partial charge < -0.3 is 5.32 Å². The van der Waals surface area contributed by atoms with Crippen LogP contribution in [-0.4, -0.2) is 25.7 Å². The Kier molecular flexibility index (Phi) is 4.36. The van der Waals surface area contributed by atoms with E-state index < -0.39 is 0 Å². The van der Waals surface area contributed by atoms with E-state index in [0.29, 0.717) is 21.3 Å². The summed E-state index contributed by atoms with van der Waals surface area (Å²) < 4.78 is 1.69. The first-order chi connectivity index (χ1) is 12.5. The van der Waals surface area contributed by atoms with Crippen molar-refractivity contribution >= 4 is 51.1 Å². The van der Waals surface area contributed by atoms with Crippen molar-refractivity contribution in [1.29, 1.82) is 0 Å². The van der Waals surface area contributed by atoms with Crippen LogP contribution in [0.4, 0.5) is 5.69 Å². The topological polar surface area (TPSA) is 72.2 Å². The average Bonchev–Trinajstić information content (AvgIpc) is 3.19. The number of rotatable bonds is 3. The van der Waals surface area contributed by atoms with Crippen LogP contribution < -0.4 is 5.32 Å². The van der Waals surface area contributed by atoms with Gasteiger partial charge in [0.25, 0.3) is 5.91 Å². The quantitative estimate of drug-likeness (QED) is 0.536. The normalized spacial score (nSPS) is 11.0. The van der Waals surface area contributed by atoms with Gasteiger partial charge in [-0.15, -0.1) is 10.2 Å². The molecule has 2 aromatic carbocycles. The molecule has 9 heteroatoms. The second-order valence-corrected chi connectivity index (χ2v) is 7.31. The molecule has 1 N–H and O–H groups in total. The van der Waals surface area contributed by atoms with Crippen LogP contribution in [0.2, 0.25) is 10.0 Å². The summed E-state index contributed by atoms with van der Waals surface area (Å²) in [4.78, 5) is 13.2. The Bertz CT molecular complexity index is 1140. The van der Waals surface area contributed by atoms with Gasteiger partial charge in [-0.25, -0.2) is 0 Å². The molecule has 0 bridgehead atoms. The van der Waals surface area contributed by atoms with Crippen LogP contribution in [0.1, 0.15) is 16.2 Å². The van der Waals surface area contributed by atoms with Gasteiger partial charge in [0, 0.05) is 16.3 Å². The predicted octanol–water partition coefficient (Wildman–Crippen LogP) is 4.72. The Labute approximate surface area is 162 Å². The third kappa shape index (κ3) is 3.16. The number of benzene rings is 2. The van der Waals surface area contributed by atoms with Crippen molar-refractivity contribution in [3.05, 3.63) is 63.9 Å². The number of hydrogen-bond donors (Lipinski definition) is 1.